The summed E-state index contributed by atoms with van der Waals surface area (Å²) >= 11 is 1.59. The summed E-state index contributed by atoms with van der Waals surface area (Å²) in [5.41, 5.74) is 3.04. The summed E-state index contributed by atoms with van der Waals surface area (Å²) in [6, 6.07) is 17.2. The van der Waals surface area contributed by atoms with Crippen LogP contribution >= 0.6 is 11.8 Å². The Hall–Kier alpha value is -4.10. The number of morpholine rings is 1. The van der Waals surface area contributed by atoms with Crippen molar-refractivity contribution in [1.29, 1.82) is 0 Å². The van der Waals surface area contributed by atoms with E-state index in [2.05, 4.69) is 15.2 Å². The third-order valence-corrected chi connectivity index (χ3v) is 9.63. The molecule has 5 rings (SSSR count). The molecule has 1 amide bonds. The Balaban J connectivity index is 1.32. The van der Waals surface area contributed by atoms with Crippen LogP contribution in [0.3, 0.4) is 0 Å². The van der Waals surface area contributed by atoms with E-state index in [-0.39, 0.29) is 36.8 Å². The molecule has 1 aromatic heterocycles. The van der Waals surface area contributed by atoms with E-state index in [1.807, 2.05) is 43.0 Å². The van der Waals surface area contributed by atoms with Crippen LogP contribution in [0, 0.1) is 11.6 Å². The first-order valence-corrected chi connectivity index (χ1v) is 19.0. The Kier molecular flexibility index (Phi) is 14.4. The number of carbonyl (C=O) groups excluding carboxylic acids is 2. The van der Waals surface area contributed by atoms with Crippen molar-refractivity contribution in [2.24, 2.45) is 0 Å². The standard InChI is InChI=1S/C40H48F2N4O5S/c1-40(2,27-45-19-21-49-22-20-45)51-39(48)36(16-23-52-3)44-38(47)35-24-30(5-9-31(35)8-4-29-6-12-33(41)13-7-29)25-50-26-37(46-18-17-43-28-46)32-10-14-34(42)15-11-32/h5-7,9-15,17-18,24,28,36-37H,4,8,16,19-23,25-27H2,1-3H3,(H,44,47)/t36-,37?/m0/s1. The number of rotatable bonds is 18. The highest BCUT2D eigenvalue weighted by atomic mass is 32.2. The van der Waals surface area contributed by atoms with Crippen molar-refractivity contribution in [3.63, 3.8) is 0 Å². The van der Waals surface area contributed by atoms with Crippen LogP contribution in [-0.4, -0.2) is 89.4 Å². The molecule has 1 aliphatic heterocycles. The maximum absolute atomic E-state index is 14.1. The van der Waals surface area contributed by atoms with Crippen LogP contribution < -0.4 is 5.32 Å². The van der Waals surface area contributed by atoms with Crippen molar-refractivity contribution in [3.05, 3.63) is 125 Å². The highest BCUT2D eigenvalue weighted by molar-refractivity contribution is 7.98. The largest absolute Gasteiger partial charge is 0.457 e. The monoisotopic (exact) mass is 734 g/mol. The molecular weight excluding hydrogens is 687 g/mol. The number of hydrogen-bond donors (Lipinski definition) is 1. The van der Waals surface area contributed by atoms with Crippen molar-refractivity contribution in [2.75, 3.05) is 51.5 Å². The van der Waals surface area contributed by atoms with Gasteiger partial charge in [0.1, 0.15) is 23.3 Å². The Labute approximate surface area is 309 Å². The molecule has 0 saturated carbocycles. The maximum atomic E-state index is 14.1. The van der Waals surface area contributed by atoms with Gasteiger partial charge in [0.15, 0.2) is 0 Å². The number of imidazole rings is 1. The zero-order chi connectivity index (χ0) is 36.9. The van der Waals surface area contributed by atoms with E-state index in [0.29, 0.717) is 50.3 Å². The lowest BCUT2D eigenvalue weighted by Gasteiger charge is -2.35. The quantitative estimate of drug-likeness (QED) is 0.120. The molecule has 0 bridgehead atoms. The van der Waals surface area contributed by atoms with Gasteiger partial charge in [0.05, 0.1) is 38.8 Å². The van der Waals surface area contributed by atoms with Crippen LogP contribution in [0.25, 0.3) is 0 Å². The van der Waals surface area contributed by atoms with Crippen molar-refractivity contribution >= 4 is 23.6 Å². The number of nitrogens with one attached hydrogen (secondary N) is 1. The van der Waals surface area contributed by atoms with E-state index in [1.54, 1.807) is 54.6 Å². The van der Waals surface area contributed by atoms with Gasteiger partial charge in [-0.1, -0.05) is 36.4 Å². The van der Waals surface area contributed by atoms with Crippen molar-refractivity contribution in [1.82, 2.24) is 19.8 Å². The molecule has 0 radical (unpaired) electrons. The lowest BCUT2D eigenvalue weighted by atomic mass is 9.97. The van der Waals surface area contributed by atoms with Crippen LogP contribution in [-0.2, 0) is 38.5 Å². The highest BCUT2D eigenvalue weighted by Gasteiger charge is 2.32. The predicted octanol–water partition coefficient (Wildman–Crippen LogP) is 6.26. The van der Waals surface area contributed by atoms with Gasteiger partial charge < -0.3 is 24.1 Å². The molecule has 1 saturated heterocycles. The van der Waals surface area contributed by atoms with E-state index >= 15 is 0 Å². The van der Waals surface area contributed by atoms with Crippen LogP contribution in [0.15, 0.2) is 85.5 Å². The first-order valence-electron chi connectivity index (χ1n) is 17.6. The van der Waals surface area contributed by atoms with Crippen LogP contribution in [0.2, 0.25) is 0 Å². The van der Waals surface area contributed by atoms with Gasteiger partial charge in [-0.05, 0) is 97.7 Å². The molecule has 1 aliphatic rings. The van der Waals surface area contributed by atoms with Gasteiger partial charge in [-0.25, -0.2) is 18.6 Å². The first kappa shape index (κ1) is 39.1. The summed E-state index contributed by atoms with van der Waals surface area (Å²) in [6.45, 7) is 7.64. The fourth-order valence-corrected chi connectivity index (χ4v) is 6.72. The Bertz CT molecular complexity index is 1720. The Morgan fingerprint density at radius 2 is 1.67 bits per heavy atom. The summed E-state index contributed by atoms with van der Waals surface area (Å²) < 4.78 is 46.8. The number of ether oxygens (including phenoxy) is 3. The lowest BCUT2D eigenvalue weighted by molar-refractivity contribution is -0.161. The van der Waals surface area contributed by atoms with Crippen molar-refractivity contribution < 1.29 is 32.6 Å². The number of nitrogens with zero attached hydrogens (tertiary/aromatic N) is 3. The molecule has 12 heteroatoms. The number of hydrogen-bond acceptors (Lipinski definition) is 8. The normalized spacial score (nSPS) is 14.9. The van der Waals surface area contributed by atoms with Crippen LogP contribution in [0.1, 0.15) is 58.9 Å². The number of aryl methyl sites for hydroxylation is 2. The average molecular weight is 735 g/mol. The number of benzene rings is 3. The first-order chi connectivity index (χ1) is 25.1. The summed E-state index contributed by atoms with van der Waals surface area (Å²) in [6.07, 6.45) is 8.68. The molecule has 1 unspecified atom stereocenters. The molecular formula is C40H48F2N4O5S. The molecule has 0 spiro atoms. The molecule has 52 heavy (non-hydrogen) atoms. The molecule has 1 fully saturated rings. The third kappa shape index (κ3) is 11.7. The van der Waals surface area contributed by atoms with Gasteiger partial charge >= 0.3 is 5.97 Å². The number of carbonyl (C=O) groups is 2. The molecule has 9 nitrogen and oxygen atoms in total. The van der Waals surface area contributed by atoms with Gasteiger partial charge in [0.2, 0.25) is 0 Å². The maximum Gasteiger partial charge on any atom is 0.329 e. The molecule has 278 valence electrons. The minimum absolute atomic E-state index is 0.207. The lowest BCUT2D eigenvalue weighted by Crippen LogP contribution is -2.50. The van der Waals surface area contributed by atoms with E-state index < -0.39 is 17.6 Å². The topological polar surface area (TPSA) is 94.9 Å². The van der Waals surface area contributed by atoms with Gasteiger partial charge in [-0.15, -0.1) is 0 Å². The smallest absolute Gasteiger partial charge is 0.329 e. The molecule has 3 aromatic carbocycles. The molecule has 4 aromatic rings. The average Bonchev–Trinajstić information content (AvgIpc) is 3.67. The van der Waals surface area contributed by atoms with Gasteiger partial charge in [-0.3, -0.25) is 9.69 Å². The second kappa shape index (κ2) is 19.1. The number of halogens is 2. The summed E-state index contributed by atoms with van der Waals surface area (Å²) in [5.74, 6) is -0.826. The van der Waals surface area contributed by atoms with Crippen LogP contribution in [0.4, 0.5) is 8.78 Å². The molecule has 2 heterocycles. The summed E-state index contributed by atoms with van der Waals surface area (Å²) in [4.78, 5) is 34.1. The van der Waals surface area contributed by atoms with E-state index in [9.17, 15) is 18.4 Å². The second-order valence-electron chi connectivity index (χ2n) is 13.6. The minimum Gasteiger partial charge on any atom is -0.457 e. The van der Waals surface area contributed by atoms with Crippen molar-refractivity contribution in [3.8, 4) is 0 Å². The zero-order valence-electron chi connectivity index (χ0n) is 30.1. The fourth-order valence-electron chi connectivity index (χ4n) is 6.25. The van der Waals surface area contributed by atoms with Gasteiger partial charge in [-0.2, -0.15) is 11.8 Å². The Morgan fingerprint density at radius 1 is 0.981 bits per heavy atom. The zero-order valence-corrected chi connectivity index (χ0v) is 30.9. The fraction of sp³-hybridized carbons (Fsp3) is 0.425. The van der Waals surface area contributed by atoms with E-state index in [1.165, 1.54) is 24.3 Å². The van der Waals surface area contributed by atoms with Gasteiger partial charge in [0, 0.05) is 37.6 Å². The number of aromatic nitrogens is 2. The SMILES string of the molecule is CSCC[C@H](NC(=O)c1cc(COCC(c2ccc(F)cc2)n2ccnc2)ccc1CCc1ccc(F)cc1)C(=O)OC(C)(C)CN1CCOCC1. The van der Waals surface area contributed by atoms with E-state index in [4.69, 9.17) is 14.2 Å². The number of amides is 1. The summed E-state index contributed by atoms with van der Waals surface area (Å²) in [5, 5.41) is 2.99. The molecule has 0 aliphatic carbocycles. The molecule has 1 N–H and O–H groups in total. The minimum atomic E-state index is -0.847. The van der Waals surface area contributed by atoms with Crippen LogP contribution in [0.5, 0.6) is 0 Å². The second-order valence-corrected chi connectivity index (χ2v) is 14.6. The van der Waals surface area contributed by atoms with E-state index in [0.717, 1.165) is 35.3 Å². The Morgan fingerprint density at radius 3 is 2.35 bits per heavy atom. The highest BCUT2D eigenvalue weighted by Crippen LogP contribution is 2.22. The van der Waals surface area contributed by atoms with Gasteiger partial charge in [0.25, 0.3) is 5.91 Å². The third-order valence-electron chi connectivity index (χ3n) is 8.98. The number of esters is 1. The summed E-state index contributed by atoms with van der Waals surface area (Å²) in [7, 11) is 0. The molecule has 2 atom stereocenters. The van der Waals surface area contributed by atoms with Crippen molar-refractivity contribution in [2.45, 2.75) is 57.4 Å². The predicted molar refractivity (Wildman–Crippen MR) is 198 cm³/mol. The number of thioether (sulfide) groups is 1.